The zero-order valence-electron chi connectivity index (χ0n) is 37.9. The number of rotatable bonds is 10. The van der Waals surface area contributed by atoms with Crippen molar-refractivity contribution in [2.75, 3.05) is 4.90 Å². The van der Waals surface area contributed by atoms with Gasteiger partial charge in [-0.1, -0.05) is 183 Å². The highest BCUT2D eigenvalue weighted by Gasteiger charge is 2.33. The van der Waals surface area contributed by atoms with Gasteiger partial charge in [-0.05, 0) is 83.3 Å². The van der Waals surface area contributed by atoms with Crippen LogP contribution in [0.1, 0.15) is 34.6 Å². The van der Waals surface area contributed by atoms with E-state index < -0.39 is 0 Å². The third-order valence-corrected chi connectivity index (χ3v) is 13.2. The smallest absolute Gasteiger partial charge is 0.159 e. The van der Waals surface area contributed by atoms with Gasteiger partial charge in [0.2, 0.25) is 0 Å². The summed E-state index contributed by atoms with van der Waals surface area (Å²) < 4.78 is 9.29. The third-order valence-electron chi connectivity index (χ3n) is 13.2. The van der Waals surface area contributed by atoms with E-state index in [1.54, 1.807) is 0 Å². The van der Waals surface area contributed by atoms with Gasteiger partial charge in [0.15, 0.2) is 5.84 Å². The van der Waals surface area contributed by atoms with Crippen LogP contribution in [0.3, 0.4) is 0 Å². The number of allylic oxidation sites excluding steroid dienone is 4. The molecule has 12 rings (SSSR count). The molecule has 5 nitrogen and oxygen atoms in total. The number of aromatic nitrogens is 1. The number of nitrogens with zero attached hydrogens (tertiary/aromatic N) is 4. The summed E-state index contributed by atoms with van der Waals surface area (Å²) in [4.78, 5) is 12.6. The summed E-state index contributed by atoms with van der Waals surface area (Å²) >= 11 is 0. The first-order valence-corrected chi connectivity index (χ1v) is 23.4. The van der Waals surface area contributed by atoms with Gasteiger partial charge in [0.25, 0.3) is 0 Å². The summed E-state index contributed by atoms with van der Waals surface area (Å²) in [5.41, 5.74) is 15.2. The van der Waals surface area contributed by atoms with Crippen molar-refractivity contribution in [3.05, 3.63) is 288 Å². The number of amidine groups is 1. The van der Waals surface area contributed by atoms with Crippen molar-refractivity contribution < 1.29 is 4.42 Å². The molecule has 5 heteroatoms. The number of furan rings is 1. The molecule has 0 radical (unpaired) electrons. The average Bonchev–Trinajstić information content (AvgIpc) is 3.94. The van der Waals surface area contributed by atoms with E-state index in [2.05, 4.69) is 198 Å². The molecule has 0 fully saturated rings. The average molecular weight is 887 g/mol. The maximum atomic E-state index is 6.95. The Labute approximate surface area is 401 Å². The summed E-state index contributed by atoms with van der Waals surface area (Å²) in [6.45, 7) is 4.67. The van der Waals surface area contributed by atoms with E-state index in [1.165, 1.54) is 21.9 Å². The predicted octanol–water partition coefficient (Wildman–Crippen LogP) is 16.4. The molecule has 9 aromatic carbocycles. The first kappa shape index (κ1) is 41.4. The molecule has 0 spiro atoms. The Balaban J connectivity index is 1.05. The minimum Gasteiger partial charge on any atom is -0.456 e. The molecule has 2 aromatic heterocycles. The van der Waals surface area contributed by atoms with Crippen LogP contribution in [0.2, 0.25) is 0 Å². The maximum absolute atomic E-state index is 6.95. The molecule has 0 saturated heterocycles. The molecule has 2 heterocycles. The fourth-order valence-electron chi connectivity index (χ4n) is 9.95. The van der Waals surface area contributed by atoms with Crippen LogP contribution < -0.4 is 4.90 Å². The third kappa shape index (κ3) is 7.86. The van der Waals surface area contributed by atoms with Crippen LogP contribution in [0.5, 0.6) is 0 Å². The summed E-state index contributed by atoms with van der Waals surface area (Å²) in [7, 11) is 0. The van der Waals surface area contributed by atoms with Crippen molar-refractivity contribution in [2.45, 2.75) is 12.3 Å². The first-order chi connectivity index (χ1) is 34.1. The summed E-state index contributed by atoms with van der Waals surface area (Å²) in [5.74, 6) is 0.504. The Morgan fingerprint density at radius 1 is 0.551 bits per heavy atom. The Morgan fingerprint density at radius 3 is 1.91 bits per heavy atom. The minimum atomic E-state index is -0.0973. The molecule has 0 saturated carbocycles. The van der Waals surface area contributed by atoms with E-state index in [9.17, 15) is 0 Å². The molecule has 1 atom stereocenters. The predicted molar refractivity (Wildman–Crippen MR) is 288 cm³/mol. The van der Waals surface area contributed by atoms with Crippen LogP contribution in [0.25, 0.3) is 55.0 Å². The molecule has 11 aromatic rings. The molecule has 0 N–H and O–H groups in total. The molecule has 328 valence electrons. The molecule has 1 aliphatic carbocycles. The lowest BCUT2D eigenvalue weighted by Gasteiger charge is -2.38. The van der Waals surface area contributed by atoms with Crippen LogP contribution in [0, 0.1) is 0 Å². The highest BCUT2D eigenvalue weighted by atomic mass is 16.3. The summed E-state index contributed by atoms with van der Waals surface area (Å²) in [5, 5.41) is 4.56. The number of hydrogen-bond acceptors (Lipinski definition) is 3. The van der Waals surface area contributed by atoms with Crippen LogP contribution in [-0.4, -0.2) is 16.6 Å². The zero-order valence-corrected chi connectivity index (χ0v) is 37.9. The molecule has 1 aliphatic rings. The highest BCUT2D eigenvalue weighted by molar-refractivity contribution is 6.17. The molecule has 69 heavy (non-hydrogen) atoms. The first-order valence-electron chi connectivity index (χ1n) is 23.4. The van der Waals surface area contributed by atoms with Crippen molar-refractivity contribution in [1.29, 1.82) is 0 Å². The van der Waals surface area contributed by atoms with Gasteiger partial charge in [-0.3, -0.25) is 0 Å². The second kappa shape index (κ2) is 18.0. The quantitative estimate of drug-likeness (QED) is 0.101. The van der Waals surface area contributed by atoms with Crippen molar-refractivity contribution in [2.24, 2.45) is 9.98 Å². The second-order valence-corrected chi connectivity index (χ2v) is 17.4. The van der Waals surface area contributed by atoms with E-state index in [-0.39, 0.29) is 5.92 Å². The van der Waals surface area contributed by atoms with Gasteiger partial charge in [0, 0.05) is 79.7 Å². The van der Waals surface area contributed by atoms with Crippen LogP contribution in [-0.2, 0) is 0 Å². The van der Waals surface area contributed by atoms with E-state index in [1.807, 2.05) is 66.9 Å². The topological polar surface area (TPSA) is 46.0 Å². The van der Waals surface area contributed by atoms with Crippen molar-refractivity contribution in [3.8, 4) is 5.69 Å². The molecule has 0 amide bonds. The highest BCUT2D eigenvalue weighted by Crippen LogP contribution is 2.49. The number of benzene rings is 9. The van der Waals surface area contributed by atoms with E-state index in [0.717, 1.165) is 78.1 Å². The minimum absolute atomic E-state index is 0.0973. The van der Waals surface area contributed by atoms with E-state index in [4.69, 9.17) is 14.4 Å². The Bertz CT molecular complexity index is 3790. The fraction of sp³-hybridized carbons (Fsp3) is 0.0312. The Hall–Kier alpha value is -9.06. The lowest BCUT2D eigenvalue weighted by Crippen LogP contribution is -2.26. The summed E-state index contributed by atoms with van der Waals surface area (Å²) in [6.07, 6.45) is 4.83. The van der Waals surface area contributed by atoms with Gasteiger partial charge in [0.05, 0.1) is 16.7 Å². The van der Waals surface area contributed by atoms with Gasteiger partial charge in [-0.15, -0.1) is 0 Å². The maximum Gasteiger partial charge on any atom is 0.159 e. The standard InChI is InChI=1S/C64H46N4O/c1-44(66-64(48-28-14-5-15-29-48)65-43-45-22-8-2-9-23-45)49-38-55(46-24-10-3-11-25-46)63(56(39-49)47-26-12-4-13-27-47)67(50-30-16-6-17-31-50)52-36-37-54-58-41-57-53-34-20-21-35-59(53)68(51-32-18-7-19-33-51)60(57)42-62(58)69-61(54)40-52/h2-38,40-43,56H,1,39H2/b65-43+,66-64-. The van der Waals surface area contributed by atoms with Gasteiger partial charge in [-0.25, -0.2) is 9.98 Å². The van der Waals surface area contributed by atoms with Crippen molar-refractivity contribution >= 4 is 72.7 Å². The molecular formula is C64H46N4O. The van der Waals surface area contributed by atoms with E-state index >= 15 is 0 Å². The number of para-hydroxylation sites is 3. The number of aliphatic imine (C=N–C) groups is 2. The fourth-order valence-corrected chi connectivity index (χ4v) is 9.95. The normalized spacial score (nSPS) is 14.3. The van der Waals surface area contributed by atoms with Crippen molar-refractivity contribution in [1.82, 2.24) is 4.57 Å². The van der Waals surface area contributed by atoms with Gasteiger partial charge < -0.3 is 13.9 Å². The van der Waals surface area contributed by atoms with Gasteiger partial charge >= 0.3 is 0 Å². The molecule has 0 bridgehead atoms. The Morgan fingerprint density at radius 2 is 1.17 bits per heavy atom. The van der Waals surface area contributed by atoms with Gasteiger partial charge in [-0.2, -0.15) is 0 Å². The lowest BCUT2D eigenvalue weighted by molar-refractivity contribution is 0.669. The molecule has 0 aliphatic heterocycles. The van der Waals surface area contributed by atoms with E-state index in [0.29, 0.717) is 18.0 Å². The Kier molecular flexibility index (Phi) is 10.8. The number of anilines is 2. The van der Waals surface area contributed by atoms with Crippen molar-refractivity contribution in [3.63, 3.8) is 0 Å². The molecule has 1 unspecified atom stereocenters. The van der Waals surface area contributed by atoms with Crippen LogP contribution >= 0.6 is 0 Å². The number of hydrogen-bond donors (Lipinski definition) is 0. The number of fused-ring (bicyclic) bond motifs is 6. The SMILES string of the molecule is C=C(/N=C(\N=C\c1ccccc1)c1ccccc1)C1=CC(c2ccccc2)=C(N(c2ccccc2)c2ccc3c(c2)oc2cc4c(cc23)c2ccccc2n4-c2ccccc2)C(c2ccccc2)C1. The van der Waals surface area contributed by atoms with Crippen LogP contribution in [0.15, 0.2) is 281 Å². The van der Waals surface area contributed by atoms with Gasteiger partial charge in [0.1, 0.15) is 11.2 Å². The molecular weight excluding hydrogens is 841 g/mol. The lowest BCUT2D eigenvalue weighted by atomic mass is 9.79. The summed E-state index contributed by atoms with van der Waals surface area (Å²) in [6, 6.07) is 82.9. The zero-order chi connectivity index (χ0) is 46.1. The van der Waals surface area contributed by atoms with Crippen LogP contribution in [0.4, 0.5) is 11.4 Å². The largest absolute Gasteiger partial charge is 0.456 e. The second-order valence-electron chi connectivity index (χ2n) is 17.4. The monoisotopic (exact) mass is 886 g/mol.